The molecule has 0 saturated heterocycles. The molecular formula is C41H62N2. The second-order valence-corrected chi connectivity index (χ2v) is 13.0. The molecule has 1 aliphatic heterocycles. The van der Waals surface area contributed by atoms with E-state index in [1.807, 2.05) is 0 Å². The number of nitrogens with zero attached hydrogens (tertiary/aromatic N) is 2. The monoisotopic (exact) mass is 582 g/mol. The molecule has 0 spiro atoms. The van der Waals surface area contributed by atoms with Gasteiger partial charge in [-0.3, -0.25) is 0 Å². The van der Waals surface area contributed by atoms with E-state index >= 15 is 0 Å². The fraction of sp³-hybridized carbons (Fsp3) is 0.610. The summed E-state index contributed by atoms with van der Waals surface area (Å²) in [6, 6.07) is 18.1. The van der Waals surface area contributed by atoms with Gasteiger partial charge in [-0.1, -0.05) is 135 Å². The average Bonchev–Trinajstić information content (AvgIpc) is 3.30. The van der Waals surface area contributed by atoms with Crippen LogP contribution in [0.1, 0.15) is 172 Å². The first-order valence-electron chi connectivity index (χ1n) is 18.3. The highest BCUT2D eigenvalue weighted by Crippen LogP contribution is 2.45. The number of benzene rings is 2. The third kappa shape index (κ3) is 11.2. The van der Waals surface area contributed by atoms with E-state index in [4.69, 9.17) is 0 Å². The van der Waals surface area contributed by atoms with E-state index in [1.54, 1.807) is 4.70 Å². The van der Waals surface area contributed by atoms with Crippen molar-refractivity contribution in [3.63, 3.8) is 0 Å². The molecule has 2 aromatic rings. The lowest BCUT2D eigenvalue weighted by Gasteiger charge is -2.12. The smallest absolute Gasteiger partial charge is 0.211 e. The van der Waals surface area contributed by atoms with Crippen molar-refractivity contribution in [1.29, 1.82) is 0 Å². The predicted molar refractivity (Wildman–Crippen MR) is 188 cm³/mol. The van der Waals surface area contributed by atoms with Crippen LogP contribution in [0.4, 0.5) is 0 Å². The predicted octanol–water partition coefficient (Wildman–Crippen LogP) is 13.4. The largest absolute Gasteiger partial charge is 0.493 e. The average molecular weight is 583 g/mol. The summed E-state index contributed by atoms with van der Waals surface area (Å²) < 4.78 is 1.60. The summed E-state index contributed by atoms with van der Waals surface area (Å²) in [5.74, 6) is 0. The normalized spacial score (nSPS) is 13.5. The molecule has 236 valence electrons. The van der Waals surface area contributed by atoms with Crippen LogP contribution in [-0.4, -0.2) is 4.70 Å². The molecule has 0 fully saturated rings. The summed E-state index contributed by atoms with van der Waals surface area (Å²) in [5, 5.41) is 0. The summed E-state index contributed by atoms with van der Waals surface area (Å²) in [6.45, 7) is 9.12. The van der Waals surface area contributed by atoms with E-state index in [0.29, 0.717) is 0 Å². The minimum Gasteiger partial charge on any atom is -0.493 e. The maximum atomic E-state index is 12.1. The molecule has 0 amide bonds. The first-order chi connectivity index (χ1) is 21.1. The van der Waals surface area contributed by atoms with Gasteiger partial charge in [-0.15, -0.1) is 0 Å². The fourth-order valence-electron chi connectivity index (χ4n) is 6.66. The third-order valence-electron chi connectivity index (χ3n) is 9.21. The Balaban J connectivity index is 2.00. The third-order valence-corrected chi connectivity index (χ3v) is 9.21. The highest BCUT2D eigenvalue weighted by molar-refractivity contribution is 5.82. The summed E-state index contributed by atoms with van der Waals surface area (Å²) in [4.78, 5) is 0. The van der Waals surface area contributed by atoms with Crippen molar-refractivity contribution in [2.45, 2.75) is 163 Å². The SMILES string of the molecule is CCCCCCCCC1=C(c2cccc(CCCC)c2)[N+](=[N-])C(c2cccc(CCCCCC)c2)=C1CCCCCCC. The first-order valence-corrected chi connectivity index (χ1v) is 18.3. The second-order valence-electron chi connectivity index (χ2n) is 13.0. The van der Waals surface area contributed by atoms with Crippen molar-refractivity contribution in [2.75, 3.05) is 0 Å². The molecule has 43 heavy (non-hydrogen) atoms. The standard InChI is InChI=1S/C41H62N2/c1-5-9-13-16-18-21-31-39-38(30-20-17-14-10-6-2)41(37-29-23-27-35(33-37)25-19-15-11-7-3)43(42)40(39)36-28-22-26-34(32-36)24-12-8-4/h22-23,26-29,32-33H,5-21,24-25,30-31H2,1-4H3. The van der Waals surface area contributed by atoms with Crippen LogP contribution in [-0.2, 0) is 12.8 Å². The number of rotatable bonds is 23. The first kappa shape index (κ1) is 35.0. The molecule has 1 aliphatic rings. The minimum atomic E-state index is 1.04. The van der Waals surface area contributed by atoms with Gasteiger partial charge >= 0.3 is 0 Å². The van der Waals surface area contributed by atoms with Crippen LogP contribution in [0.3, 0.4) is 0 Å². The van der Waals surface area contributed by atoms with Crippen molar-refractivity contribution in [3.05, 3.63) is 87.5 Å². The van der Waals surface area contributed by atoms with Crippen molar-refractivity contribution >= 4 is 11.4 Å². The summed E-state index contributed by atoms with van der Waals surface area (Å²) in [5.41, 5.74) is 22.1. The Bertz CT molecular complexity index is 1170. The molecule has 0 saturated carbocycles. The molecule has 2 heteroatoms. The van der Waals surface area contributed by atoms with E-state index < -0.39 is 0 Å². The van der Waals surface area contributed by atoms with Gasteiger partial charge in [0.05, 0.1) is 0 Å². The lowest BCUT2D eigenvalue weighted by atomic mass is 9.90. The Kier molecular flexibility index (Phi) is 16.7. The molecule has 3 rings (SSSR count). The van der Waals surface area contributed by atoms with Gasteiger partial charge in [-0.25, -0.2) is 4.70 Å². The lowest BCUT2D eigenvalue weighted by Crippen LogP contribution is -2.03. The van der Waals surface area contributed by atoms with E-state index in [0.717, 1.165) is 37.1 Å². The van der Waals surface area contributed by atoms with Crippen LogP contribution in [0.5, 0.6) is 0 Å². The Hall–Kier alpha value is -2.48. The van der Waals surface area contributed by atoms with Crippen LogP contribution in [0.2, 0.25) is 0 Å². The Labute approximate surface area is 265 Å². The van der Waals surface area contributed by atoms with Crippen LogP contribution in [0.25, 0.3) is 16.9 Å². The molecule has 0 N–H and O–H groups in total. The molecule has 2 aromatic carbocycles. The Morgan fingerprint density at radius 3 is 1.28 bits per heavy atom. The summed E-state index contributed by atoms with van der Waals surface area (Å²) in [7, 11) is 0. The molecule has 0 aromatic heterocycles. The van der Waals surface area contributed by atoms with Gasteiger partial charge in [0.1, 0.15) is 0 Å². The maximum absolute atomic E-state index is 12.1. The van der Waals surface area contributed by atoms with Gasteiger partial charge in [0.2, 0.25) is 11.4 Å². The zero-order valence-corrected chi connectivity index (χ0v) is 28.4. The maximum Gasteiger partial charge on any atom is 0.211 e. The number of hydrogen-bond donors (Lipinski definition) is 0. The van der Waals surface area contributed by atoms with Gasteiger partial charge in [0, 0.05) is 22.3 Å². The van der Waals surface area contributed by atoms with Crippen LogP contribution >= 0.6 is 0 Å². The van der Waals surface area contributed by atoms with Crippen molar-refractivity contribution in [3.8, 4) is 0 Å². The Morgan fingerprint density at radius 2 is 0.814 bits per heavy atom. The Morgan fingerprint density at radius 1 is 0.442 bits per heavy atom. The van der Waals surface area contributed by atoms with E-state index in [1.165, 1.54) is 143 Å². The van der Waals surface area contributed by atoms with E-state index in [9.17, 15) is 5.53 Å². The fourth-order valence-corrected chi connectivity index (χ4v) is 6.66. The van der Waals surface area contributed by atoms with Crippen molar-refractivity contribution in [1.82, 2.24) is 0 Å². The molecule has 0 bridgehead atoms. The second kappa shape index (κ2) is 20.5. The topological polar surface area (TPSA) is 25.3 Å². The quantitative estimate of drug-likeness (QED) is 0.0920. The van der Waals surface area contributed by atoms with Crippen molar-refractivity contribution in [2.24, 2.45) is 0 Å². The molecule has 0 unspecified atom stereocenters. The van der Waals surface area contributed by atoms with Gasteiger partial charge in [0.15, 0.2) is 0 Å². The highest BCUT2D eigenvalue weighted by atomic mass is 15.2. The van der Waals surface area contributed by atoms with Crippen LogP contribution in [0.15, 0.2) is 59.7 Å². The lowest BCUT2D eigenvalue weighted by molar-refractivity contribution is -0.345. The zero-order chi connectivity index (χ0) is 30.7. The number of unbranched alkanes of at least 4 members (excludes halogenated alkanes) is 13. The minimum absolute atomic E-state index is 1.04. The number of hydrogen-bond acceptors (Lipinski definition) is 0. The van der Waals surface area contributed by atoms with Crippen LogP contribution in [0, 0.1) is 0 Å². The van der Waals surface area contributed by atoms with Gasteiger partial charge in [0.25, 0.3) is 0 Å². The van der Waals surface area contributed by atoms with Crippen LogP contribution < -0.4 is 0 Å². The molecule has 0 aliphatic carbocycles. The molecular weight excluding hydrogens is 520 g/mol. The van der Waals surface area contributed by atoms with Gasteiger partial charge in [-0.05, 0) is 86.8 Å². The summed E-state index contributed by atoms with van der Waals surface area (Å²) >= 11 is 0. The molecule has 2 nitrogen and oxygen atoms in total. The molecule has 1 heterocycles. The van der Waals surface area contributed by atoms with E-state index in [-0.39, 0.29) is 0 Å². The van der Waals surface area contributed by atoms with Gasteiger partial charge < -0.3 is 5.53 Å². The number of allylic oxidation sites excluding steroid dienone is 2. The van der Waals surface area contributed by atoms with Gasteiger partial charge in [-0.2, -0.15) is 0 Å². The summed E-state index contributed by atoms with van der Waals surface area (Å²) in [6.07, 6.45) is 25.9. The highest BCUT2D eigenvalue weighted by Gasteiger charge is 2.35. The van der Waals surface area contributed by atoms with Crippen molar-refractivity contribution < 1.29 is 4.70 Å². The number of aryl methyl sites for hydroxylation is 2. The molecule has 0 atom stereocenters. The molecule has 0 radical (unpaired) electrons. The zero-order valence-electron chi connectivity index (χ0n) is 28.4. The van der Waals surface area contributed by atoms with E-state index in [2.05, 4.69) is 76.2 Å².